The predicted molar refractivity (Wildman–Crippen MR) is 71.1 cm³/mol. The second-order valence-corrected chi connectivity index (χ2v) is 7.38. The van der Waals surface area contributed by atoms with Gasteiger partial charge in [0.25, 0.3) is 0 Å². The summed E-state index contributed by atoms with van der Waals surface area (Å²) in [5, 5.41) is 3.27. The summed E-state index contributed by atoms with van der Waals surface area (Å²) in [6.07, 6.45) is 6.28. The Kier molecular flexibility index (Phi) is 4.07. The fourth-order valence-electron chi connectivity index (χ4n) is 2.58. The highest BCUT2D eigenvalue weighted by molar-refractivity contribution is 7.91. The zero-order valence-electron chi connectivity index (χ0n) is 11.0. The van der Waals surface area contributed by atoms with Crippen molar-refractivity contribution in [2.45, 2.75) is 25.3 Å². The number of hydrogen-bond donors (Lipinski definition) is 1. The predicted octanol–water partition coefficient (Wildman–Crippen LogP) is 0.375. The van der Waals surface area contributed by atoms with E-state index in [1.54, 1.807) is 6.20 Å². The average molecular weight is 271 g/mol. The Hall–Kier alpha value is -0.880. The molecular formula is C12H21N3O2S. The highest BCUT2D eigenvalue weighted by atomic mass is 32.2. The van der Waals surface area contributed by atoms with Crippen molar-refractivity contribution >= 4 is 9.84 Å². The first-order valence-corrected chi connectivity index (χ1v) is 8.16. The highest BCUT2D eigenvalue weighted by Crippen LogP contribution is 2.23. The number of nitrogens with zero attached hydrogens (tertiary/aromatic N) is 2. The lowest BCUT2D eigenvalue weighted by molar-refractivity contribution is 0.416. The maximum Gasteiger partial charge on any atom is 0.150 e. The van der Waals surface area contributed by atoms with Gasteiger partial charge in [-0.25, -0.2) is 13.4 Å². The molecule has 2 heterocycles. The minimum Gasteiger partial charge on any atom is -0.338 e. The molecule has 1 saturated heterocycles. The molecule has 1 N–H and O–H groups in total. The summed E-state index contributed by atoms with van der Waals surface area (Å²) < 4.78 is 24.9. The molecule has 1 aromatic heterocycles. The molecule has 18 heavy (non-hydrogen) atoms. The van der Waals surface area contributed by atoms with Crippen molar-refractivity contribution in [3.8, 4) is 0 Å². The Bertz CT molecular complexity index is 495. The van der Waals surface area contributed by atoms with Gasteiger partial charge in [0.05, 0.1) is 11.5 Å². The normalized spacial score (nSPS) is 24.2. The van der Waals surface area contributed by atoms with Gasteiger partial charge in [-0.05, 0) is 25.8 Å². The van der Waals surface area contributed by atoms with Crippen LogP contribution in [0.1, 0.15) is 18.7 Å². The van der Waals surface area contributed by atoms with Gasteiger partial charge in [-0.2, -0.15) is 0 Å². The van der Waals surface area contributed by atoms with Crippen molar-refractivity contribution < 1.29 is 8.42 Å². The Morgan fingerprint density at radius 2 is 2.39 bits per heavy atom. The number of imidazole rings is 1. The summed E-state index contributed by atoms with van der Waals surface area (Å²) in [5.74, 6) is 2.05. The second kappa shape index (κ2) is 5.40. The molecule has 0 bridgehead atoms. The van der Waals surface area contributed by atoms with Crippen LogP contribution < -0.4 is 5.32 Å². The minimum atomic E-state index is -2.77. The van der Waals surface area contributed by atoms with Gasteiger partial charge in [-0.3, -0.25) is 0 Å². The summed E-state index contributed by atoms with van der Waals surface area (Å²) in [6, 6.07) is 0.296. The average Bonchev–Trinajstić information content (AvgIpc) is 2.85. The summed E-state index contributed by atoms with van der Waals surface area (Å²) >= 11 is 0. The van der Waals surface area contributed by atoms with Gasteiger partial charge in [-0.15, -0.1) is 0 Å². The van der Waals surface area contributed by atoms with E-state index in [2.05, 4.69) is 10.3 Å². The largest absolute Gasteiger partial charge is 0.338 e. The van der Waals surface area contributed by atoms with Crippen molar-refractivity contribution in [2.75, 3.05) is 18.6 Å². The quantitative estimate of drug-likeness (QED) is 0.840. The van der Waals surface area contributed by atoms with Crippen LogP contribution >= 0.6 is 0 Å². The van der Waals surface area contributed by atoms with Crippen LogP contribution in [0.25, 0.3) is 0 Å². The Balaban J connectivity index is 1.92. The third-order valence-electron chi connectivity index (χ3n) is 3.70. The molecule has 0 saturated carbocycles. The topological polar surface area (TPSA) is 64.0 Å². The Morgan fingerprint density at radius 1 is 1.61 bits per heavy atom. The minimum absolute atomic E-state index is 0.296. The molecule has 0 radical (unpaired) electrons. The highest BCUT2D eigenvalue weighted by Gasteiger charge is 2.29. The molecule has 102 valence electrons. The van der Waals surface area contributed by atoms with Gasteiger partial charge >= 0.3 is 0 Å². The van der Waals surface area contributed by atoms with E-state index < -0.39 is 9.84 Å². The Labute approximate surface area is 109 Å². The fraction of sp³-hybridized carbons (Fsp3) is 0.750. The number of nitrogens with one attached hydrogen (secondary N) is 1. The standard InChI is InChI=1S/C12H21N3O2S/c1-13-11(8-12-14-4-5-15(12)2)7-10-3-6-18(16,17)9-10/h4-5,10-11,13H,3,6-9H2,1-2H3. The van der Waals surface area contributed by atoms with Crippen LogP contribution in [0, 0.1) is 5.92 Å². The summed E-state index contributed by atoms with van der Waals surface area (Å²) in [5.41, 5.74) is 0. The van der Waals surface area contributed by atoms with Crippen LogP contribution in [0.15, 0.2) is 12.4 Å². The van der Waals surface area contributed by atoms with Crippen LogP contribution in [0.2, 0.25) is 0 Å². The van der Waals surface area contributed by atoms with Crippen LogP contribution in [0.4, 0.5) is 0 Å². The molecular weight excluding hydrogens is 250 g/mol. The van der Waals surface area contributed by atoms with Crippen LogP contribution in [0.3, 0.4) is 0 Å². The van der Waals surface area contributed by atoms with Crippen molar-refractivity contribution in [1.82, 2.24) is 14.9 Å². The first kappa shape index (κ1) is 13.5. The zero-order chi connectivity index (χ0) is 13.2. The monoisotopic (exact) mass is 271 g/mol. The van der Waals surface area contributed by atoms with E-state index in [1.807, 2.05) is 24.9 Å². The molecule has 6 heteroatoms. The van der Waals surface area contributed by atoms with E-state index in [0.29, 0.717) is 23.5 Å². The van der Waals surface area contributed by atoms with E-state index in [-0.39, 0.29) is 0 Å². The lowest BCUT2D eigenvalue weighted by Gasteiger charge is -2.19. The summed E-state index contributed by atoms with van der Waals surface area (Å²) in [6.45, 7) is 0. The number of aryl methyl sites for hydroxylation is 1. The third-order valence-corrected chi connectivity index (χ3v) is 5.54. The first-order valence-electron chi connectivity index (χ1n) is 6.34. The third kappa shape index (κ3) is 3.32. The fourth-order valence-corrected chi connectivity index (χ4v) is 4.46. The molecule has 0 aromatic carbocycles. The van der Waals surface area contributed by atoms with E-state index in [4.69, 9.17) is 0 Å². The second-order valence-electron chi connectivity index (χ2n) is 5.15. The van der Waals surface area contributed by atoms with E-state index in [9.17, 15) is 8.42 Å². The lowest BCUT2D eigenvalue weighted by Crippen LogP contribution is -2.31. The molecule has 5 nitrogen and oxygen atoms in total. The summed E-state index contributed by atoms with van der Waals surface area (Å²) in [7, 11) is 1.14. The number of sulfone groups is 1. The van der Waals surface area contributed by atoms with Gasteiger partial charge in [0.15, 0.2) is 9.84 Å². The van der Waals surface area contributed by atoms with Gasteiger partial charge in [0, 0.05) is 31.9 Å². The van der Waals surface area contributed by atoms with Gasteiger partial charge in [0.2, 0.25) is 0 Å². The number of rotatable bonds is 5. The molecule has 2 rings (SSSR count). The zero-order valence-corrected chi connectivity index (χ0v) is 11.8. The van der Waals surface area contributed by atoms with E-state index in [0.717, 1.165) is 25.1 Å². The van der Waals surface area contributed by atoms with E-state index in [1.165, 1.54) is 0 Å². The SMILES string of the molecule is CNC(Cc1nccn1C)CC1CCS(=O)(=O)C1. The maximum absolute atomic E-state index is 11.4. The molecule has 0 spiro atoms. The molecule has 0 amide bonds. The number of aromatic nitrogens is 2. The van der Waals surface area contributed by atoms with Crippen molar-refractivity contribution in [2.24, 2.45) is 13.0 Å². The molecule has 2 atom stereocenters. The molecule has 1 aliphatic heterocycles. The van der Waals surface area contributed by atoms with Gasteiger partial charge in [-0.1, -0.05) is 0 Å². The lowest BCUT2D eigenvalue weighted by atomic mass is 9.97. The number of likely N-dealkylation sites (N-methyl/N-ethyl adjacent to an activating group) is 1. The molecule has 2 unspecified atom stereocenters. The summed E-state index contributed by atoms with van der Waals surface area (Å²) in [4.78, 5) is 4.31. The maximum atomic E-state index is 11.4. The smallest absolute Gasteiger partial charge is 0.150 e. The van der Waals surface area contributed by atoms with Gasteiger partial charge in [0.1, 0.15) is 5.82 Å². The van der Waals surface area contributed by atoms with Crippen LogP contribution in [-0.4, -0.2) is 42.6 Å². The Morgan fingerprint density at radius 3 is 2.89 bits per heavy atom. The molecule has 1 aliphatic rings. The first-order chi connectivity index (χ1) is 8.50. The van der Waals surface area contributed by atoms with Crippen molar-refractivity contribution in [3.05, 3.63) is 18.2 Å². The van der Waals surface area contributed by atoms with Gasteiger partial charge < -0.3 is 9.88 Å². The van der Waals surface area contributed by atoms with Crippen molar-refractivity contribution in [3.63, 3.8) is 0 Å². The van der Waals surface area contributed by atoms with Crippen molar-refractivity contribution in [1.29, 1.82) is 0 Å². The van der Waals surface area contributed by atoms with Crippen LogP contribution in [0.5, 0.6) is 0 Å². The number of hydrogen-bond acceptors (Lipinski definition) is 4. The van der Waals surface area contributed by atoms with E-state index >= 15 is 0 Å². The molecule has 0 aliphatic carbocycles. The molecule has 1 aromatic rings. The molecule has 1 fully saturated rings. The van der Waals surface area contributed by atoms with Crippen LogP contribution in [-0.2, 0) is 23.3 Å².